The number of hydrogen-bond acceptors (Lipinski definition) is 2. The van der Waals surface area contributed by atoms with E-state index < -0.39 is 0 Å². The minimum absolute atomic E-state index is 0.0625. The molecule has 1 N–H and O–H groups in total. The van der Waals surface area contributed by atoms with Gasteiger partial charge in [0.25, 0.3) is 0 Å². The van der Waals surface area contributed by atoms with E-state index in [0.29, 0.717) is 28.3 Å². The topological polar surface area (TPSA) is 32.3 Å². The monoisotopic (exact) mass is 284 g/mol. The number of anilines is 1. The van der Waals surface area contributed by atoms with Crippen molar-refractivity contribution in [3.8, 4) is 0 Å². The van der Waals surface area contributed by atoms with Gasteiger partial charge in [0, 0.05) is 17.6 Å². The molecule has 0 spiro atoms. The molecule has 2 aliphatic rings. The maximum absolute atomic E-state index is 12.3. The van der Waals surface area contributed by atoms with Crippen LogP contribution < -0.4 is 10.2 Å². The van der Waals surface area contributed by atoms with Gasteiger partial charge >= 0.3 is 0 Å². The van der Waals surface area contributed by atoms with Crippen LogP contribution in [0.1, 0.15) is 19.3 Å². The van der Waals surface area contributed by atoms with Crippen molar-refractivity contribution in [3.63, 3.8) is 0 Å². The minimum Gasteiger partial charge on any atom is -0.309 e. The highest BCUT2D eigenvalue weighted by molar-refractivity contribution is 6.35. The van der Waals surface area contributed by atoms with Gasteiger partial charge in [-0.1, -0.05) is 23.2 Å². The van der Waals surface area contributed by atoms with E-state index in [9.17, 15) is 4.79 Å². The molecule has 1 heterocycles. The van der Waals surface area contributed by atoms with Gasteiger partial charge in [0.05, 0.1) is 16.8 Å². The van der Waals surface area contributed by atoms with Crippen molar-refractivity contribution >= 4 is 34.8 Å². The smallest absolute Gasteiger partial charge is 0.244 e. The summed E-state index contributed by atoms with van der Waals surface area (Å²) < 4.78 is 0. The van der Waals surface area contributed by atoms with Crippen LogP contribution in [0.25, 0.3) is 0 Å². The second kappa shape index (κ2) is 4.72. The molecule has 1 saturated carbocycles. The summed E-state index contributed by atoms with van der Waals surface area (Å²) in [5.41, 5.74) is 0.717. The lowest BCUT2D eigenvalue weighted by Crippen LogP contribution is -2.39. The standard InChI is InChI=1S/C13H14Cl2N2O/c14-8-1-4-10(15)12(7-8)17-6-5-11(13(17)18)16-9-2-3-9/h1,4,7,9,11,16H,2-3,5-6H2. The normalized spacial score (nSPS) is 23.8. The summed E-state index contributed by atoms with van der Waals surface area (Å²) in [5, 5.41) is 4.54. The van der Waals surface area contributed by atoms with E-state index in [4.69, 9.17) is 23.2 Å². The molecule has 1 unspecified atom stereocenters. The molecule has 1 saturated heterocycles. The first-order valence-electron chi connectivity index (χ1n) is 6.17. The van der Waals surface area contributed by atoms with Crippen molar-refractivity contribution in [3.05, 3.63) is 28.2 Å². The molecule has 2 fully saturated rings. The van der Waals surface area contributed by atoms with Gasteiger partial charge in [-0.3, -0.25) is 4.79 Å². The van der Waals surface area contributed by atoms with Crippen molar-refractivity contribution in [2.24, 2.45) is 0 Å². The van der Waals surface area contributed by atoms with Crippen molar-refractivity contribution in [2.75, 3.05) is 11.4 Å². The molecule has 1 aromatic rings. The van der Waals surface area contributed by atoms with Crippen LogP contribution in [-0.2, 0) is 4.79 Å². The lowest BCUT2D eigenvalue weighted by atomic mass is 10.2. The van der Waals surface area contributed by atoms with Gasteiger partial charge in [-0.25, -0.2) is 0 Å². The first-order valence-corrected chi connectivity index (χ1v) is 6.93. The summed E-state index contributed by atoms with van der Waals surface area (Å²) >= 11 is 12.1. The van der Waals surface area contributed by atoms with Crippen LogP contribution in [0.15, 0.2) is 18.2 Å². The van der Waals surface area contributed by atoms with E-state index in [-0.39, 0.29) is 11.9 Å². The highest BCUT2D eigenvalue weighted by Gasteiger charge is 2.36. The van der Waals surface area contributed by atoms with Gasteiger partial charge in [0.1, 0.15) is 0 Å². The fraction of sp³-hybridized carbons (Fsp3) is 0.462. The average Bonchev–Trinajstić information content (AvgIpc) is 3.09. The Labute approximate surface area is 116 Å². The molecule has 3 rings (SSSR count). The maximum Gasteiger partial charge on any atom is 0.244 e. The summed E-state index contributed by atoms with van der Waals surface area (Å²) in [7, 11) is 0. The van der Waals surface area contributed by atoms with E-state index in [2.05, 4.69) is 5.32 Å². The van der Waals surface area contributed by atoms with Crippen LogP contribution in [0.4, 0.5) is 5.69 Å². The Balaban J connectivity index is 1.80. The number of halogens is 2. The molecule has 3 nitrogen and oxygen atoms in total. The summed E-state index contributed by atoms with van der Waals surface area (Å²) in [4.78, 5) is 14.0. The third-order valence-electron chi connectivity index (χ3n) is 3.42. The number of carbonyl (C=O) groups excluding carboxylic acids is 1. The minimum atomic E-state index is -0.0625. The van der Waals surface area contributed by atoms with Crippen LogP contribution in [0.3, 0.4) is 0 Å². The first kappa shape index (κ1) is 12.3. The van der Waals surface area contributed by atoms with Crippen molar-refractivity contribution in [1.29, 1.82) is 0 Å². The van der Waals surface area contributed by atoms with Crippen LogP contribution in [0, 0.1) is 0 Å². The summed E-state index contributed by atoms with van der Waals surface area (Å²) in [6.45, 7) is 0.698. The zero-order valence-electron chi connectivity index (χ0n) is 9.83. The Kier molecular flexibility index (Phi) is 3.22. The SMILES string of the molecule is O=C1C(NC2CC2)CCN1c1cc(Cl)ccc1Cl. The molecule has 1 atom stereocenters. The third-order valence-corrected chi connectivity index (χ3v) is 3.97. The highest BCUT2D eigenvalue weighted by Crippen LogP contribution is 2.32. The summed E-state index contributed by atoms with van der Waals surface area (Å²) in [6.07, 6.45) is 3.20. The molecule has 1 aliphatic carbocycles. The van der Waals surface area contributed by atoms with Crippen molar-refractivity contribution in [2.45, 2.75) is 31.3 Å². The number of benzene rings is 1. The largest absolute Gasteiger partial charge is 0.309 e. The number of nitrogens with one attached hydrogen (secondary N) is 1. The third kappa shape index (κ3) is 2.35. The number of amides is 1. The Hall–Kier alpha value is -0.770. The number of nitrogens with zero attached hydrogens (tertiary/aromatic N) is 1. The van der Waals surface area contributed by atoms with Crippen molar-refractivity contribution in [1.82, 2.24) is 5.32 Å². The second-order valence-electron chi connectivity index (χ2n) is 4.87. The molecule has 5 heteroatoms. The first-order chi connectivity index (χ1) is 8.65. The summed E-state index contributed by atoms with van der Waals surface area (Å²) in [5.74, 6) is 0.103. The van der Waals surface area contributed by atoms with Crippen LogP contribution >= 0.6 is 23.2 Å². The molecular weight excluding hydrogens is 271 g/mol. The van der Waals surface area contributed by atoms with Crippen molar-refractivity contribution < 1.29 is 4.79 Å². The van der Waals surface area contributed by atoms with E-state index in [1.165, 1.54) is 12.8 Å². The quantitative estimate of drug-likeness (QED) is 0.926. The lowest BCUT2D eigenvalue weighted by Gasteiger charge is -2.18. The molecule has 18 heavy (non-hydrogen) atoms. The van der Waals surface area contributed by atoms with Gasteiger partial charge in [-0.2, -0.15) is 0 Å². The number of hydrogen-bond donors (Lipinski definition) is 1. The molecular formula is C13H14Cl2N2O. The number of carbonyl (C=O) groups is 1. The predicted octanol–water partition coefficient (Wildman–Crippen LogP) is 2.85. The van der Waals surface area contributed by atoms with E-state index in [0.717, 1.165) is 6.42 Å². The predicted molar refractivity (Wildman–Crippen MR) is 73.4 cm³/mol. The second-order valence-corrected chi connectivity index (χ2v) is 5.71. The zero-order chi connectivity index (χ0) is 12.7. The molecule has 96 valence electrons. The molecule has 0 radical (unpaired) electrons. The maximum atomic E-state index is 12.3. The fourth-order valence-corrected chi connectivity index (χ4v) is 2.69. The van der Waals surface area contributed by atoms with Crippen LogP contribution in [0.5, 0.6) is 0 Å². The number of rotatable bonds is 3. The van der Waals surface area contributed by atoms with Crippen LogP contribution in [0.2, 0.25) is 10.0 Å². The van der Waals surface area contributed by atoms with E-state index in [1.807, 2.05) is 0 Å². The Bertz CT molecular complexity index is 488. The molecule has 1 amide bonds. The van der Waals surface area contributed by atoms with Gasteiger partial charge < -0.3 is 10.2 Å². The Morgan fingerprint density at radius 1 is 1.22 bits per heavy atom. The molecule has 1 aliphatic heterocycles. The van der Waals surface area contributed by atoms with E-state index >= 15 is 0 Å². The van der Waals surface area contributed by atoms with Gasteiger partial charge in [0.2, 0.25) is 5.91 Å². The molecule has 1 aromatic carbocycles. The van der Waals surface area contributed by atoms with E-state index in [1.54, 1.807) is 23.1 Å². The summed E-state index contributed by atoms with van der Waals surface area (Å²) in [6, 6.07) is 5.69. The van der Waals surface area contributed by atoms with Crippen LogP contribution in [-0.4, -0.2) is 24.5 Å². The average molecular weight is 285 g/mol. The zero-order valence-corrected chi connectivity index (χ0v) is 11.3. The Morgan fingerprint density at radius 3 is 2.72 bits per heavy atom. The highest BCUT2D eigenvalue weighted by atomic mass is 35.5. The Morgan fingerprint density at radius 2 is 2.00 bits per heavy atom. The van der Waals surface area contributed by atoms with Gasteiger partial charge in [-0.05, 0) is 37.5 Å². The lowest BCUT2D eigenvalue weighted by molar-refractivity contribution is -0.118. The molecule has 0 aromatic heterocycles. The van der Waals surface area contributed by atoms with Gasteiger partial charge in [-0.15, -0.1) is 0 Å². The fourth-order valence-electron chi connectivity index (χ4n) is 2.30. The van der Waals surface area contributed by atoms with Gasteiger partial charge in [0.15, 0.2) is 0 Å². The molecule has 0 bridgehead atoms.